The number of hydrogen-bond acceptors (Lipinski definition) is 3. The molecule has 0 aromatic heterocycles. The standard InChI is InChI=1S/C20H24N2O2/c1-14(12-16-6-4-5-7-19(16)24-3)22(2)20(23)17-8-9-18-15(13-17)10-11-21-18/h4-9,13-14,21H,10-12H2,1-3H3. The lowest BCUT2D eigenvalue weighted by Crippen LogP contribution is -2.36. The van der Waals surface area contributed by atoms with Gasteiger partial charge in [0.15, 0.2) is 0 Å². The fourth-order valence-corrected chi connectivity index (χ4v) is 3.17. The lowest BCUT2D eigenvalue weighted by Gasteiger charge is -2.26. The molecule has 1 unspecified atom stereocenters. The minimum absolute atomic E-state index is 0.0621. The predicted molar refractivity (Wildman–Crippen MR) is 96.9 cm³/mol. The van der Waals surface area contributed by atoms with Crippen molar-refractivity contribution in [2.24, 2.45) is 0 Å². The lowest BCUT2D eigenvalue weighted by molar-refractivity contribution is 0.0743. The van der Waals surface area contributed by atoms with Crippen molar-refractivity contribution in [1.29, 1.82) is 0 Å². The summed E-state index contributed by atoms with van der Waals surface area (Å²) in [6.45, 7) is 3.02. The second kappa shape index (κ2) is 6.95. The van der Waals surface area contributed by atoms with Crippen molar-refractivity contribution >= 4 is 11.6 Å². The number of fused-ring (bicyclic) bond motifs is 1. The van der Waals surface area contributed by atoms with Crippen molar-refractivity contribution in [1.82, 2.24) is 4.90 Å². The van der Waals surface area contributed by atoms with E-state index in [4.69, 9.17) is 4.74 Å². The Hall–Kier alpha value is -2.49. The third-order valence-corrected chi connectivity index (χ3v) is 4.75. The summed E-state index contributed by atoms with van der Waals surface area (Å²) in [5.41, 5.74) is 4.25. The average Bonchev–Trinajstić information content (AvgIpc) is 3.08. The van der Waals surface area contributed by atoms with Crippen LogP contribution in [0.25, 0.3) is 0 Å². The van der Waals surface area contributed by atoms with E-state index in [1.54, 1.807) is 7.11 Å². The van der Waals surface area contributed by atoms with Crippen LogP contribution in [0.1, 0.15) is 28.4 Å². The number of anilines is 1. The van der Waals surface area contributed by atoms with Gasteiger partial charge >= 0.3 is 0 Å². The summed E-state index contributed by atoms with van der Waals surface area (Å²) in [6.07, 6.45) is 1.75. The van der Waals surface area contributed by atoms with Crippen LogP contribution in [0.3, 0.4) is 0 Å². The van der Waals surface area contributed by atoms with Gasteiger partial charge in [-0.2, -0.15) is 0 Å². The molecular weight excluding hydrogens is 300 g/mol. The average molecular weight is 324 g/mol. The quantitative estimate of drug-likeness (QED) is 0.917. The summed E-state index contributed by atoms with van der Waals surface area (Å²) < 4.78 is 5.41. The van der Waals surface area contributed by atoms with Gasteiger partial charge in [-0.25, -0.2) is 0 Å². The summed E-state index contributed by atoms with van der Waals surface area (Å²) >= 11 is 0. The molecule has 0 spiro atoms. The highest BCUT2D eigenvalue weighted by Gasteiger charge is 2.20. The van der Waals surface area contributed by atoms with E-state index in [1.807, 2.05) is 48.3 Å². The molecular formula is C20H24N2O2. The van der Waals surface area contributed by atoms with Gasteiger partial charge in [-0.05, 0) is 55.2 Å². The largest absolute Gasteiger partial charge is 0.496 e. The summed E-state index contributed by atoms with van der Waals surface area (Å²) in [7, 11) is 3.55. The van der Waals surface area contributed by atoms with E-state index in [2.05, 4.69) is 18.3 Å². The highest BCUT2D eigenvalue weighted by Crippen LogP contribution is 2.25. The molecule has 0 saturated carbocycles. The van der Waals surface area contributed by atoms with Gasteiger partial charge < -0.3 is 15.0 Å². The van der Waals surface area contributed by atoms with E-state index >= 15 is 0 Å². The highest BCUT2D eigenvalue weighted by atomic mass is 16.5. The van der Waals surface area contributed by atoms with Gasteiger partial charge in [-0.1, -0.05) is 18.2 Å². The monoisotopic (exact) mass is 324 g/mol. The Morgan fingerprint density at radius 3 is 2.88 bits per heavy atom. The Bertz CT molecular complexity index is 742. The Balaban J connectivity index is 1.73. The van der Waals surface area contributed by atoms with E-state index in [0.29, 0.717) is 0 Å². The van der Waals surface area contributed by atoms with Crippen LogP contribution >= 0.6 is 0 Å². The van der Waals surface area contributed by atoms with Crippen LogP contribution in [-0.4, -0.2) is 37.6 Å². The van der Waals surface area contributed by atoms with Crippen LogP contribution in [0.2, 0.25) is 0 Å². The summed E-state index contributed by atoms with van der Waals surface area (Å²) in [4.78, 5) is 14.6. The number of likely N-dealkylation sites (N-methyl/N-ethyl adjacent to an activating group) is 1. The van der Waals surface area contributed by atoms with Crippen molar-refractivity contribution < 1.29 is 9.53 Å². The Labute approximate surface area is 143 Å². The van der Waals surface area contributed by atoms with Crippen LogP contribution in [0.5, 0.6) is 5.75 Å². The number of rotatable bonds is 5. The van der Waals surface area contributed by atoms with Crippen molar-refractivity contribution in [2.75, 3.05) is 26.0 Å². The summed E-state index contributed by atoms with van der Waals surface area (Å²) in [5, 5.41) is 3.32. The summed E-state index contributed by atoms with van der Waals surface area (Å²) in [6, 6.07) is 14.0. The van der Waals surface area contributed by atoms with Crippen LogP contribution in [0.4, 0.5) is 5.69 Å². The van der Waals surface area contributed by atoms with Crippen LogP contribution < -0.4 is 10.1 Å². The first-order chi connectivity index (χ1) is 11.6. The molecule has 1 N–H and O–H groups in total. The molecule has 1 aliphatic rings. The van der Waals surface area contributed by atoms with Gasteiger partial charge in [0.25, 0.3) is 5.91 Å². The maximum Gasteiger partial charge on any atom is 0.253 e. The molecule has 0 aliphatic carbocycles. The maximum atomic E-state index is 12.8. The molecule has 24 heavy (non-hydrogen) atoms. The fourth-order valence-electron chi connectivity index (χ4n) is 3.17. The number of methoxy groups -OCH3 is 1. The molecule has 4 nitrogen and oxygen atoms in total. The molecule has 4 heteroatoms. The van der Waals surface area contributed by atoms with Crippen LogP contribution in [0, 0.1) is 0 Å². The van der Waals surface area contributed by atoms with Crippen molar-refractivity contribution in [3.63, 3.8) is 0 Å². The molecule has 2 aromatic carbocycles. The van der Waals surface area contributed by atoms with Gasteiger partial charge in [0.1, 0.15) is 5.75 Å². The first-order valence-corrected chi connectivity index (χ1v) is 8.36. The smallest absolute Gasteiger partial charge is 0.253 e. The van der Waals surface area contributed by atoms with Crippen molar-refractivity contribution in [2.45, 2.75) is 25.8 Å². The van der Waals surface area contributed by atoms with E-state index in [-0.39, 0.29) is 11.9 Å². The Morgan fingerprint density at radius 1 is 1.29 bits per heavy atom. The topological polar surface area (TPSA) is 41.6 Å². The molecule has 0 fully saturated rings. The minimum atomic E-state index is 0.0621. The molecule has 3 rings (SSSR count). The first kappa shape index (κ1) is 16.4. The summed E-state index contributed by atoms with van der Waals surface area (Å²) in [5.74, 6) is 0.931. The fraction of sp³-hybridized carbons (Fsp3) is 0.350. The number of para-hydroxylation sites is 1. The minimum Gasteiger partial charge on any atom is -0.496 e. The number of hydrogen-bond donors (Lipinski definition) is 1. The molecule has 0 saturated heterocycles. The van der Waals surface area contributed by atoms with Gasteiger partial charge in [-0.15, -0.1) is 0 Å². The van der Waals surface area contributed by atoms with Gasteiger partial charge in [0.2, 0.25) is 0 Å². The first-order valence-electron chi connectivity index (χ1n) is 8.36. The Morgan fingerprint density at radius 2 is 2.08 bits per heavy atom. The van der Waals surface area contributed by atoms with Crippen molar-refractivity contribution in [3.8, 4) is 5.75 Å². The second-order valence-corrected chi connectivity index (χ2v) is 6.33. The van der Waals surface area contributed by atoms with Gasteiger partial charge in [0.05, 0.1) is 7.11 Å². The molecule has 126 valence electrons. The zero-order valence-corrected chi connectivity index (χ0v) is 14.5. The zero-order chi connectivity index (χ0) is 17.1. The van der Waals surface area contributed by atoms with Crippen molar-refractivity contribution in [3.05, 3.63) is 59.2 Å². The van der Waals surface area contributed by atoms with E-state index in [1.165, 1.54) is 5.56 Å². The van der Waals surface area contributed by atoms with Gasteiger partial charge in [0, 0.05) is 30.9 Å². The number of ether oxygens (including phenoxy) is 1. The molecule has 0 bridgehead atoms. The number of carbonyl (C=O) groups is 1. The normalized spacial score (nSPS) is 13.8. The molecule has 1 aliphatic heterocycles. The molecule has 1 atom stereocenters. The maximum absolute atomic E-state index is 12.8. The van der Waals surface area contributed by atoms with Crippen LogP contribution in [0.15, 0.2) is 42.5 Å². The van der Waals surface area contributed by atoms with E-state index < -0.39 is 0 Å². The third kappa shape index (κ3) is 3.23. The number of carbonyl (C=O) groups excluding carboxylic acids is 1. The van der Waals surface area contributed by atoms with E-state index in [0.717, 1.165) is 42.0 Å². The van der Waals surface area contributed by atoms with Gasteiger partial charge in [-0.3, -0.25) is 4.79 Å². The number of nitrogens with one attached hydrogen (secondary N) is 1. The number of benzene rings is 2. The second-order valence-electron chi connectivity index (χ2n) is 6.33. The zero-order valence-electron chi connectivity index (χ0n) is 14.5. The molecule has 1 heterocycles. The molecule has 2 aromatic rings. The highest BCUT2D eigenvalue weighted by molar-refractivity contribution is 5.95. The predicted octanol–water partition coefficient (Wildman–Crippen LogP) is 3.37. The molecule has 0 radical (unpaired) electrons. The Kier molecular flexibility index (Phi) is 4.74. The number of nitrogens with zero attached hydrogens (tertiary/aromatic N) is 1. The van der Waals surface area contributed by atoms with Crippen LogP contribution in [-0.2, 0) is 12.8 Å². The third-order valence-electron chi connectivity index (χ3n) is 4.75. The van der Waals surface area contributed by atoms with E-state index in [9.17, 15) is 4.79 Å². The lowest BCUT2D eigenvalue weighted by atomic mass is 10.0. The SMILES string of the molecule is COc1ccccc1CC(C)N(C)C(=O)c1ccc2c(c1)CCN2. The molecule has 1 amide bonds. The number of amides is 1.